The molecule has 0 radical (unpaired) electrons. The van der Waals surface area contributed by atoms with E-state index >= 15 is 0 Å². The number of methoxy groups -OCH3 is 1. The molecule has 0 amide bonds. The van der Waals surface area contributed by atoms with Gasteiger partial charge >= 0.3 is 0 Å². The smallest absolute Gasteiger partial charge is 0.133 e. The van der Waals surface area contributed by atoms with E-state index in [9.17, 15) is 5.26 Å². The molecule has 1 fully saturated rings. The predicted molar refractivity (Wildman–Crippen MR) is 75.9 cm³/mol. The lowest BCUT2D eigenvalue weighted by Gasteiger charge is -2.38. The zero-order chi connectivity index (χ0) is 13.9. The molecule has 1 aromatic carbocycles. The van der Waals surface area contributed by atoms with Crippen molar-refractivity contribution in [3.05, 3.63) is 28.2 Å². The Morgan fingerprint density at radius 1 is 1.53 bits per heavy atom. The summed E-state index contributed by atoms with van der Waals surface area (Å²) in [5, 5.41) is 9.18. The maximum atomic E-state index is 9.18. The highest BCUT2D eigenvalue weighted by Gasteiger charge is 2.39. The van der Waals surface area contributed by atoms with Crippen molar-refractivity contribution in [2.24, 2.45) is 5.41 Å². The van der Waals surface area contributed by atoms with Gasteiger partial charge in [-0.2, -0.15) is 5.26 Å². The second kappa shape index (κ2) is 5.91. The minimum absolute atomic E-state index is 0.321. The van der Waals surface area contributed by atoms with Crippen LogP contribution in [0.5, 0.6) is 5.75 Å². The topological polar surface area (TPSA) is 45.5 Å². The van der Waals surface area contributed by atoms with Crippen molar-refractivity contribution in [2.75, 3.05) is 33.9 Å². The van der Waals surface area contributed by atoms with Gasteiger partial charge in [0.1, 0.15) is 11.2 Å². The highest BCUT2D eigenvalue weighted by Crippen LogP contribution is 2.29. The van der Waals surface area contributed by atoms with Crippen LogP contribution >= 0.6 is 15.9 Å². The Morgan fingerprint density at radius 3 is 2.74 bits per heavy atom. The van der Waals surface area contributed by atoms with E-state index in [1.54, 1.807) is 7.11 Å². The van der Waals surface area contributed by atoms with Gasteiger partial charge in [0.2, 0.25) is 0 Å². The van der Waals surface area contributed by atoms with Crippen LogP contribution < -0.4 is 4.74 Å². The Bertz CT molecular complexity index is 495. The molecular formula is C14H17BrN2O2. The summed E-state index contributed by atoms with van der Waals surface area (Å²) in [7, 11) is 3.68. The molecule has 0 atom stereocenters. The summed E-state index contributed by atoms with van der Waals surface area (Å²) in [6.45, 7) is 2.61. The van der Waals surface area contributed by atoms with E-state index in [0.29, 0.717) is 13.2 Å². The van der Waals surface area contributed by atoms with Crippen LogP contribution in [-0.4, -0.2) is 38.8 Å². The molecule has 0 aromatic heterocycles. The van der Waals surface area contributed by atoms with E-state index in [1.165, 1.54) is 5.56 Å². The highest BCUT2D eigenvalue weighted by atomic mass is 79.9. The lowest BCUT2D eigenvalue weighted by atomic mass is 9.87. The van der Waals surface area contributed by atoms with Gasteiger partial charge in [-0.25, -0.2) is 0 Å². The number of benzene rings is 1. The molecule has 1 aliphatic rings. The monoisotopic (exact) mass is 324 g/mol. The molecular weight excluding hydrogens is 308 g/mol. The van der Waals surface area contributed by atoms with Crippen LogP contribution in [0, 0.1) is 16.7 Å². The van der Waals surface area contributed by atoms with Gasteiger partial charge in [0, 0.05) is 13.1 Å². The molecule has 19 heavy (non-hydrogen) atoms. The van der Waals surface area contributed by atoms with Crippen LogP contribution in [0.4, 0.5) is 0 Å². The average molecular weight is 325 g/mol. The van der Waals surface area contributed by atoms with Crippen LogP contribution in [0.15, 0.2) is 22.7 Å². The summed E-state index contributed by atoms with van der Waals surface area (Å²) in [5.41, 5.74) is 0.863. The molecule has 102 valence electrons. The first kappa shape index (κ1) is 14.3. The summed E-state index contributed by atoms with van der Waals surface area (Å²) >= 11 is 3.48. The quantitative estimate of drug-likeness (QED) is 0.834. The van der Waals surface area contributed by atoms with Crippen LogP contribution in [0.25, 0.3) is 0 Å². The van der Waals surface area contributed by atoms with Crippen LogP contribution in [0.1, 0.15) is 5.56 Å². The van der Waals surface area contributed by atoms with E-state index in [0.717, 1.165) is 23.3 Å². The van der Waals surface area contributed by atoms with E-state index in [2.05, 4.69) is 26.9 Å². The summed E-state index contributed by atoms with van der Waals surface area (Å²) in [5.74, 6) is 0.826. The molecule has 0 saturated carbocycles. The number of nitrogens with zero attached hydrogens (tertiary/aromatic N) is 2. The SMILES string of the molecule is COc1ccc(CN(C)CC2(C#N)COC2)cc1Br. The molecule has 1 heterocycles. The second-order valence-electron chi connectivity index (χ2n) is 5.03. The van der Waals surface area contributed by atoms with Gasteiger partial charge in [-0.1, -0.05) is 6.07 Å². The number of hydrogen-bond acceptors (Lipinski definition) is 4. The van der Waals surface area contributed by atoms with Crippen LogP contribution in [0.2, 0.25) is 0 Å². The molecule has 0 aliphatic carbocycles. The fourth-order valence-electron chi connectivity index (χ4n) is 2.23. The fourth-order valence-corrected chi connectivity index (χ4v) is 2.82. The molecule has 0 unspecified atom stereocenters. The Morgan fingerprint density at radius 2 is 2.26 bits per heavy atom. The maximum absolute atomic E-state index is 9.18. The van der Waals surface area contributed by atoms with Gasteiger partial charge in [0.25, 0.3) is 0 Å². The summed E-state index contributed by atoms with van der Waals surface area (Å²) in [4.78, 5) is 2.15. The van der Waals surface area contributed by atoms with Crippen molar-refractivity contribution in [2.45, 2.75) is 6.54 Å². The summed E-state index contributed by atoms with van der Waals surface area (Å²) in [6.07, 6.45) is 0. The number of nitriles is 1. The molecule has 1 aromatic rings. The van der Waals surface area contributed by atoms with E-state index < -0.39 is 0 Å². The normalized spacial score (nSPS) is 16.8. The van der Waals surface area contributed by atoms with Crippen molar-refractivity contribution in [3.63, 3.8) is 0 Å². The van der Waals surface area contributed by atoms with Crippen molar-refractivity contribution in [1.82, 2.24) is 4.90 Å². The third kappa shape index (κ3) is 3.27. The summed E-state index contributed by atoms with van der Waals surface area (Å²) in [6, 6.07) is 8.39. The minimum Gasteiger partial charge on any atom is -0.496 e. The Kier molecular flexibility index (Phi) is 4.46. The number of ether oxygens (including phenoxy) is 2. The lowest BCUT2D eigenvalue weighted by molar-refractivity contribution is -0.0895. The van der Waals surface area contributed by atoms with Crippen molar-refractivity contribution < 1.29 is 9.47 Å². The van der Waals surface area contributed by atoms with Gasteiger partial charge in [-0.15, -0.1) is 0 Å². The van der Waals surface area contributed by atoms with Crippen molar-refractivity contribution in [3.8, 4) is 11.8 Å². The summed E-state index contributed by atoms with van der Waals surface area (Å²) < 4.78 is 11.3. The minimum atomic E-state index is -0.321. The van der Waals surface area contributed by atoms with E-state index in [1.807, 2.05) is 25.2 Å². The third-order valence-corrected chi connectivity index (χ3v) is 3.85. The number of rotatable bonds is 5. The Balaban J connectivity index is 1.97. The standard InChI is InChI=1S/C14H17BrN2O2/c1-17(8-14(7-16)9-19-10-14)6-11-3-4-13(18-2)12(15)5-11/h3-5H,6,8-10H2,1-2H3. The van der Waals surface area contributed by atoms with Crippen LogP contribution in [-0.2, 0) is 11.3 Å². The maximum Gasteiger partial charge on any atom is 0.133 e. The van der Waals surface area contributed by atoms with Crippen molar-refractivity contribution in [1.29, 1.82) is 5.26 Å². The molecule has 0 bridgehead atoms. The first-order chi connectivity index (χ1) is 9.08. The van der Waals surface area contributed by atoms with Crippen LogP contribution in [0.3, 0.4) is 0 Å². The van der Waals surface area contributed by atoms with E-state index in [-0.39, 0.29) is 5.41 Å². The highest BCUT2D eigenvalue weighted by molar-refractivity contribution is 9.10. The van der Waals surface area contributed by atoms with Gasteiger partial charge in [-0.3, -0.25) is 0 Å². The predicted octanol–water partition coefficient (Wildman–Crippen LogP) is 2.43. The number of hydrogen-bond donors (Lipinski definition) is 0. The average Bonchev–Trinajstić information content (AvgIpc) is 2.34. The fraction of sp³-hybridized carbons (Fsp3) is 0.500. The molecule has 1 aliphatic heterocycles. The zero-order valence-corrected chi connectivity index (χ0v) is 12.7. The third-order valence-electron chi connectivity index (χ3n) is 3.24. The largest absolute Gasteiger partial charge is 0.496 e. The van der Waals surface area contributed by atoms with E-state index in [4.69, 9.17) is 9.47 Å². The molecule has 2 rings (SSSR count). The second-order valence-corrected chi connectivity index (χ2v) is 5.88. The Hall–Kier alpha value is -1.09. The van der Waals surface area contributed by atoms with Gasteiger partial charge in [-0.05, 0) is 40.7 Å². The Labute approximate surface area is 122 Å². The first-order valence-electron chi connectivity index (χ1n) is 6.08. The van der Waals surface area contributed by atoms with Crippen molar-refractivity contribution >= 4 is 15.9 Å². The van der Waals surface area contributed by atoms with Gasteiger partial charge < -0.3 is 14.4 Å². The van der Waals surface area contributed by atoms with Gasteiger partial charge in [0.05, 0.1) is 30.9 Å². The molecule has 0 N–H and O–H groups in total. The first-order valence-corrected chi connectivity index (χ1v) is 6.88. The number of halogens is 1. The molecule has 4 nitrogen and oxygen atoms in total. The molecule has 1 saturated heterocycles. The van der Waals surface area contributed by atoms with Gasteiger partial charge in [0.15, 0.2) is 0 Å². The molecule has 5 heteroatoms. The lowest BCUT2D eigenvalue weighted by Crippen LogP contribution is -2.48. The molecule has 0 spiro atoms. The zero-order valence-electron chi connectivity index (χ0n) is 11.1.